The molecule has 1 aromatic carbocycles. The number of likely N-dealkylation sites (tertiary alicyclic amines) is 1. The number of benzene rings is 1. The molecule has 40 heavy (non-hydrogen) atoms. The maximum atomic E-state index is 13.2. The normalized spacial score (nSPS) is 16.8. The molecule has 1 saturated heterocycles. The fourth-order valence-corrected chi connectivity index (χ4v) is 4.32. The molecule has 220 valence electrons. The molecule has 0 saturated carbocycles. The van der Waals surface area contributed by atoms with Crippen LogP contribution < -0.4 is 33.6 Å². The second kappa shape index (κ2) is 15.3. The van der Waals surface area contributed by atoms with Crippen LogP contribution in [0.1, 0.15) is 44.1 Å². The van der Waals surface area contributed by atoms with Gasteiger partial charge >= 0.3 is 5.97 Å². The molecule has 4 unspecified atom stereocenters. The maximum Gasteiger partial charge on any atom is 0.326 e. The topological polar surface area (TPSA) is 270 Å². The van der Waals surface area contributed by atoms with Crippen molar-refractivity contribution in [3.05, 3.63) is 29.8 Å². The van der Waals surface area contributed by atoms with Crippen molar-refractivity contribution in [2.24, 2.45) is 27.9 Å². The second-order valence-corrected chi connectivity index (χ2v) is 9.58. The van der Waals surface area contributed by atoms with Gasteiger partial charge in [-0.15, -0.1) is 0 Å². The minimum absolute atomic E-state index is 0.000210. The molecule has 1 aliphatic rings. The molecule has 0 spiro atoms. The van der Waals surface area contributed by atoms with E-state index in [1.807, 2.05) is 0 Å². The molecule has 15 nitrogen and oxygen atoms in total. The average molecular weight is 563 g/mol. The third kappa shape index (κ3) is 10.1. The van der Waals surface area contributed by atoms with Crippen molar-refractivity contribution in [2.75, 3.05) is 13.1 Å². The van der Waals surface area contributed by atoms with E-state index in [4.69, 9.17) is 22.9 Å². The molecule has 4 amide bonds. The fourth-order valence-electron chi connectivity index (χ4n) is 4.32. The largest absolute Gasteiger partial charge is 0.508 e. The SMILES string of the molecule is NC(=O)CCC(NC(=O)C1CCCN1C(=O)C(N)CCCN=C(N)N)C(=O)NC(Cc1ccc(O)cc1)C(=O)O. The summed E-state index contributed by atoms with van der Waals surface area (Å²) in [6, 6.07) is 1.38. The quantitative estimate of drug-likeness (QED) is 0.0639. The lowest BCUT2D eigenvalue weighted by Crippen LogP contribution is -2.57. The number of carboxylic acids is 1. The number of carbonyl (C=O) groups excluding carboxylic acids is 4. The number of carbonyl (C=O) groups is 5. The summed E-state index contributed by atoms with van der Waals surface area (Å²) in [6.45, 7) is 0.596. The number of hydrogen-bond donors (Lipinski definition) is 8. The van der Waals surface area contributed by atoms with Gasteiger partial charge in [0.1, 0.15) is 23.9 Å². The zero-order valence-corrected chi connectivity index (χ0v) is 22.1. The predicted octanol–water partition coefficient (Wildman–Crippen LogP) is -2.37. The number of aliphatic carboxylic acids is 1. The van der Waals surface area contributed by atoms with E-state index in [1.165, 1.54) is 29.2 Å². The molecule has 1 fully saturated rings. The van der Waals surface area contributed by atoms with E-state index in [0.29, 0.717) is 44.3 Å². The van der Waals surface area contributed by atoms with Crippen LogP contribution in [-0.2, 0) is 30.4 Å². The Morgan fingerprint density at radius 3 is 2.30 bits per heavy atom. The molecule has 1 heterocycles. The number of phenols is 1. The smallest absolute Gasteiger partial charge is 0.326 e. The molecule has 12 N–H and O–H groups in total. The average Bonchev–Trinajstić information content (AvgIpc) is 3.39. The van der Waals surface area contributed by atoms with Gasteiger partial charge in [0.15, 0.2) is 5.96 Å². The zero-order valence-electron chi connectivity index (χ0n) is 22.1. The molecule has 0 radical (unpaired) electrons. The number of hydrogen-bond acceptors (Lipinski definition) is 8. The summed E-state index contributed by atoms with van der Waals surface area (Å²) in [6.07, 6.45) is 1.11. The zero-order chi connectivity index (χ0) is 29.8. The van der Waals surface area contributed by atoms with Crippen LogP contribution in [0, 0.1) is 0 Å². The van der Waals surface area contributed by atoms with E-state index < -0.39 is 53.8 Å². The molecule has 0 aromatic heterocycles. The lowest BCUT2D eigenvalue weighted by molar-refractivity contribution is -0.143. The summed E-state index contributed by atoms with van der Waals surface area (Å²) in [4.78, 5) is 67.7. The first-order chi connectivity index (χ1) is 18.9. The summed E-state index contributed by atoms with van der Waals surface area (Å²) in [7, 11) is 0. The molecule has 0 bridgehead atoms. The first-order valence-electron chi connectivity index (χ1n) is 12.9. The van der Waals surface area contributed by atoms with E-state index in [1.54, 1.807) is 0 Å². The summed E-state index contributed by atoms with van der Waals surface area (Å²) in [5, 5.41) is 24.0. The van der Waals surface area contributed by atoms with E-state index in [-0.39, 0.29) is 31.0 Å². The molecular formula is C25H38N8O7. The number of phenolic OH excluding ortho intramolecular Hbond substituents is 1. The molecule has 0 aliphatic carbocycles. The number of aromatic hydroxyl groups is 1. The number of nitrogens with two attached hydrogens (primary N) is 4. The fraction of sp³-hybridized carbons (Fsp3) is 0.520. The van der Waals surface area contributed by atoms with Crippen molar-refractivity contribution in [2.45, 2.75) is 69.1 Å². The van der Waals surface area contributed by atoms with Gasteiger partial charge in [-0.1, -0.05) is 12.1 Å². The lowest BCUT2D eigenvalue weighted by Gasteiger charge is -2.28. The van der Waals surface area contributed by atoms with Crippen LogP contribution >= 0.6 is 0 Å². The number of primary amides is 1. The van der Waals surface area contributed by atoms with E-state index in [9.17, 15) is 34.2 Å². The number of aliphatic imine (C=N–C) groups is 1. The Bertz CT molecular complexity index is 1090. The van der Waals surface area contributed by atoms with Crippen LogP contribution in [0.15, 0.2) is 29.3 Å². The van der Waals surface area contributed by atoms with Gasteiger partial charge in [0, 0.05) is 25.9 Å². The molecular weight excluding hydrogens is 524 g/mol. The van der Waals surface area contributed by atoms with Crippen molar-refractivity contribution in [3.8, 4) is 5.75 Å². The van der Waals surface area contributed by atoms with Gasteiger partial charge in [0.2, 0.25) is 23.6 Å². The Morgan fingerprint density at radius 1 is 1.02 bits per heavy atom. The minimum Gasteiger partial charge on any atom is -0.508 e. The van der Waals surface area contributed by atoms with E-state index >= 15 is 0 Å². The van der Waals surface area contributed by atoms with Crippen LogP contribution in [0.25, 0.3) is 0 Å². The molecule has 2 rings (SSSR count). The number of rotatable bonds is 15. The van der Waals surface area contributed by atoms with Gasteiger partial charge in [-0.25, -0.2) is 4.79 Å². The van der Waals surface area contributed by atoms with Gasteiger partial charge in [0.05, 0.1) is 6.04 Å². The number of amides is 4. The Morgan fingerprint density at radius 2 is 1.70 bits per heavy atom. The van der Waals surface area contributed by atoms with Crippen LogP contribution in [0.4, 0.5) is 0 Å². The summed E-state index contributed by atoms with van der Waals surface area (Å²) in [5.74, 6) is -3.98. The van der Waals surface area contributed by atoms with Crippen molar-refractivity contribution in [3.63, 3.8) is 0 Å². The highest BCUT2D eigenvalue weighted by Gasteiger charge is 2.38. The van der Waals surface area contributed by atoms with Crippen molar-refractivity contribution in [1.82, 2.24) is 15.5 Å². The van der Waals surface area contributed by atoms with Gasteiger partial charge in [-0.2, -0.15) is 0 Å². The van der Waals surface area contributed by atoms with Gasteiger partial charge in [-0.05, 0) is 49.8 Å². The number of carboxylic acid groups (broad SMARTS) is 1. The van der Waals surface area contributed by atoms with Gasteiger partial charge in [-0.3, -0.25) is 24.2 Å². The number of nitrogens with zero attached hydrogens (tertiary/aromatic N) is 2. The summed E-state index contributed by atoms with van der Waals surface area (Å²) in [5.41, 5.74) is 22.4. The predicted molar refractivity (Wildman–Crippen MR) is 144 cm³/mol. The molecule has 15 heteroatoms. The van der Waals surface area contributed by atoms with E-state index in [2.05, 4.69) is 15.6 Å². The first kappa shape index (κ1) is 31.8. The van der Waals surface area contributed by atoms with Crippen molar-refractivity contribution < 1.29 is 34.2 Å². The third-order valence-electron chi connectivity index (χ3n) is 6.43. The lowest BCUT2D eigenvalue weighted by atomic mass is 10.0. The summed E-state index contributed by atoms with van der Waals surface area (Å²) < 4.78 is 0. The summed E-state index contributed by atoms with van der Waals surface area (Å²) >= 11 is 0. The highest BCUT2D eigenvalue weighted by Crippen LogP contribution is 2.20. The van der Waals surface area contributed by atoms with Crippen LogP contribution in [0.2, 0.25) is 0 Å². The second-order valence-electron chi connectivity index (χ2n) is 9.58. The van der Waals surface area contributed by atoms with Crippen molar-refractivity contribution >= 4 is 35.6 Å². The van der Waals surface area contributed by atoms with Crippen molar-refractivity contribution in [1.29, 1.82) is 0 Å². The maximum absolute atomic E-state index is 13.2. The standard InChI is InChI=1S/C25H38N8O7/c26-16(3-1-11-30-25(28)29)23(38)33-12-2-4-19(33)22(37)31-17(9-10-20(27)35)21(36)32-18(24(39)40)13-14-5-7-15(34)8-6-14/h5-8,16-19,34H,1-4,9-13,26H2,(H2,27,35)(H,31,37)(H,32,36)(H,39,40)(H4,28,29,30). The Labute approximate surface area is 231 Å². The van der Waals surface area contributed by atoms with Crippen LogP contribution in [0.3, 0.4) is 0 Å². The Kier molecular flexibility index (Phi) is 12.1. The third-order valence-corrected chi connectivity index (χ3v) is 6.43. The van der Waals surface area contributed by atoms with Gasteiger partial charge in [0.25, 0.3) is 0 Å². The Balaban J connectivity index is 2.08. The highest BCUT2D eigenvalue weighted by atomic mass is 16.4. The van der Waals surface area contributed by atoms with Gasteiger partial charge < -0.3 is 48.7 Å². The van der Waals surface area contributed by atoms with Crippen LogP contribution in [0.5, 0.6) is 5.75 Å². The highest BCUT2D eigenvalue weighted by molar-refractivity contribution is 5.94. The molecule has 4 atom stereocenters. The Hall–Kier alpha value is -4.40. The molecule has 1 aliphatic heterocycles. The number of nitrogens with one attached hydrogen (secondary N) is 2. The monoisotopic (exact) mass is 562 g/mol. The minimum atomic E-state index is -1.36. The molecule has 1 aromatic rings. The number of guanidine groups is 1. The van der Waals surface area contributed by atoms with Crippen LogP contribution in [-0.4, -0.2) is 87.9 Å². The first-order valence-corrected chi connectivity index (χ1v) is 12.9. The van der Waals surface area contributed by atoms with E-state index in [0.717, 1.165) is 0 Å².